The average molecular weight is 291 g/mol. The number of alkyl halides is 3. The number of benzene rings is 1. The van der Waals surface area contributed by atoms with Crippen molar-refractivity contribution in [2.45, 2.75) is 26.1 Å². The number of hydrogen-bond acceptors (Lipinski definition) is 2. The highest BCUT2D eigenvalue weighted by Crippen LogP contribution is 2.30. The van der Waals surface area contributed by atoms with Gasteiger partial charge in [-0.25, -0.2) is 0 Å². The first kappa shape index (κ1) is 16.4. The van der Waals surface area contributed by atoms with E-state index in [0.717, 1.165) is 18.4 Å². The van der Waals surface area contributed by atoms with Crippen LogP contribution < -0.4 is 5.32 Å². The zero-order valence-corrected chi connectivity index (χ0v) is 12.2. The Morgan fingerprint density at radius 1 is 1.26 bits per heavy atom. The van der Waals surface area contributed by atoms with E-state index in [1.54, 1.807) is 17.8 Å². The van der Waals surface area contributed by atoms with E-state index in [1.165, 1.54) is 12.1 Å². The molecule has 108 valence electrons. The molecule has 1 aromatic rings. The summed E-state index contributed by atoms with van der Waals surface area (Å²) in [6, 6.07) is 5.43. The van der Waals surface area contributed by atoms with Crippen molar-refractivity contribution in [2.75, 3.05) is 18.6 Å². The maximum absolute atomic E-state index is 12.6. The minimum Gasteiger partial charge on any atom is -0.310 e. The van der Waals surface area contributed by atoms with E-state index in [1.807, 2.05) is 13.2 Å². The molecule has 0 spiro atoms. The van der Waals surface area contributed by atoms with Gasteiger partial charge in [0.1, 0.15) is 0 Å². The van der Waals surface area contributed by atoms with Crippen LogP contribution in [0.5, 0.6) is 0 Å². The van der Waals surface area contributed by atoms with Crippen LogP contribution in [-0.4, -0.2) is 18.6 Å². The SMILES string of the molecule is CSCC(C)CNC(C)c1cccc(C(F)(F)F)c1. The van der Waals surface area contributed by atoms with Crippen LogP contribution in [0.2, 0.25) is 0 Å². The first-order valence-electron chi connectivity index (χ1n) is 6.24. The summed E-state index contributed by atoms with van der Waals surface area (Å²) in [5, 5.41) is 3.28. The lowest BCUT2D eigenvalue weighted by Gasteiger charge is -2.18. The molecule has 0 fully saturated rings. The third-order valence-electron chi connectivity index (χ3n) is 2.94. The average Bonchev–Trinajstić information content (AvgIpc) is 2.35. The summed E-state index contributed by atoms with van der Waals surface area (Å²) in [4.78, 5) is 0. The molecule has 19 heavy (non-hydrogen) atoms. The van der Waals surface area contributed by atoms with Gasteiger partial charge in [0.05, 0.1) is 5.56 Å². The second-order valence-corrected chi connectivity index (χ2v) is 5.72. The van der Waals surface area contributed by atoms with E-state index in [4.69, 9.17) is 0 Å². The van der Waals surface area contributed by atoms with Crippen molar-refractivity contribution in [3.63, 3.8) is 0 Å². The summed E-state index contributed by atoms with van der Waals surface area (Å²) in [6.45, 7) is 4.82. The summed E-state index contributed by atoms with van der Waals surface area (Å²) in [6.07, 6.45) is -2.23. The van der Waals surface area contributed by atoms with Gasteiger partial charge in [-0.05, 0) is 49.1 Å². The van der Waals surface area contributed by atoms with Crippen molar-refractivity contribution < 1.29 is 13.2 Å². The minimum atomic E-state index is -4.28. The molecule has 0 aromatic heterocycles. The van der Waals surface area contributed by atoms with E-state index in [2.05, 4.69) is 12.2 Å². The Morgan fingerprint density at radius 2 is 1.95 bits per heavy atom. The number of thioether (sulfide) groups is 1. The topological polar surface area (TPSA) is 12.0 Å². The lowest BCUT2D eigenvalue weighted by molar-refractivity contribution is -0.137. The Morgan fingerprint density at radius 3 is 2.53 bits per heavy atom. The van der Waals surface area contributed by atoms with Crippen LogP contribution in [0.25, 0.3) is 0 Å². The van der Waals surface area contributed by atoms with Gasteiger partial charge in [-0.2, -0.15) is 24.9 Å². The molecule has 0 saturated heterocycles. The zero-order valence-electron chi connectivity index (χ0n) is 11.4. The second kappa shape index (κ2) is 7.20. The van der Waals surface area contributed by atoms with Crippen LogP contribution in [0.3, 0.4) is 0 Å². The molecule has 0 aliphatic rings. The fourth-order valence-corrected chi connectivity index (χ4v) is 2.51. The van der Waals surface area contributed by atoms with Crippen molar-refractivity contribution in [3.05, 3.63) is 35.4 Å². The maximum atomic E-state index is 12.6. The van der Waals surface area contributed by atoms with Crippen molar-refractivity contribution >= 4 is 11.8 Å². The van der Waals surface area contributed by atoms with Gasteiger partial charge >= 0.3 is 6.18 Å². The van der Waals surface area contributed by atoms with Crippen molar-refractivity contribution in [3.8, 4) is 0 Å². The highest BCUT2D eigenvalue weighted by atomic mass is 32.2. The van der Waals surface area contributed by atoms with Gasteiger partial charge in [-0.15, -0.1) is 0 Å². The fourth-order valence-electron chi connectivity index (χ4n) is 1.82. The molecule has 5 heteroatoms. The Labute approximate surface area is 117 Å². The van der Waals surface area contributed by atoms with E-state index in [0.29, 0.717) is 11.5 Å². The van der Waals surface area contributed by atoms with Crippen LogP contribution in [0.1, 0.15) is 31.0 Å². The Bertz CT molecular complexity index is 393. The van der Waals surface area contributed by atoms with Gasteiger partial charge in [0, 0.05) is 6.04 Å². The van der Waals surface area contributed by atoms with Gasteiger partial charge < -0.3 is 5.32 Å². The summed E-state index contributed by atoms with van der Waals surface area (Å²) in [5.74, 6) is 1.55. The molecule has 0 heterocycles. The number of rotatable bonds is 6. The Hall–Kier alpha value is -0.680. The van der Waals surface area contributed by atoms with Crippen molar-refractivity contribution in [1.82, 2.24) is 5.32 Å². The molecule has 1 rings (SSSR count). The number of hydrogen-bond donors (Lipinski definition) is 1. The van der Waals surface area contributed by atoms with E-state index in [9.17, 15) is 13.2 Å². The lowest BCUT2D eigenvalue weighted by atomic mass is 10.0. The van der Waals surface area contributed by atoms with Crippen LogP contribution >= 0.6 is 11.8 Å². The largest absolute Gasteiger partial charge is 0.416 e. The van der Waals surface area contributed by atoms with Gasteiger partial charge in [0.25, 0.3) is 0 Å². The minimum absolute atomic E-state index is 0.0772. The van der Waals surface area contributed by atoms with E-state index >= 15 is 0 Å². The Kier molecular flexibility index (Phi) is 6.20. The van der Waals surface area contributed by atoms with Crippen LogP contribution in [0, 0.1) is 5.92 Å². The molecule has 1 nitrogen and oxygen atoms in total. The first-order valence-corrected chi connectivity index (χ1v) is 7.63. The summed E-state index contributed by atoms with van der Waals surface area (Å²) in [5.41, 5.74) is 0.0852. The van der Waals surface area contributed by atoms with Gasteiger partial charge in [-0.3, -0.25) is 0 Å². The molecule has 0 aliphatic carbocycles. The highest BCUT2D eigenvalue weighted by Gasteiger charge is 2.30. The van der Waals surface area contributed by atoms with Gasteiger partial charge in [0.2, 0.25) is 0 Å². The smallest absolute Gasteiger partial charge is 0.310 e. The molecule has 2 unspecified atom stereocenters. The summed E-state index contributed by atoms with van der Waals surface area (Å²) < 4.78 is 37.9. The van der Waals surface area contributed by atoms with Crippen LogP contribution in [0.15, 0.2) is 24.3 Å². The van der Waals surface area contributed by atoms with E-state index < -0.39 is 11.7 Å². The summed E-state index contributed by atoms with van der Waals surface area (Å²) in [7, 11) is 0. The molecule has 0 saturated carbocycles. The summed E-state index contributed by atoms with van der Waals surface area (Å²) >= 11 is 1.77. The normalized spacial score (nSPS) is 15.3. The Balaban J connectivity index is 2.64. The predicted molar refractivity (Wildman–Crippen MR) is 75.4 cm³/mol. The fraction of sp³-hybridized carbons (Fsp3) is 0.571. The van der Waals surface area contributed by atoms with Crippen LogP contribution in [0.4, 0.5) is 13.2 Å². The molecule has 1 N–H and O–H groups in total. The molecule has 0 amide bonds. The van der Waals surface area contributed by atoms with Crippen LogP contribution in [-0.2, 0) is 6.18 Å². The molecule has 0 radical (unpaired) electrons. The highest BCUT2D eigenvalue weighted by molar-refractivity contribution is 7.98. The third-order valence-corrected chi connectivity index (χ3v) is 3.84. The monoisotopic (exact) mass is 291 g/mol. The second-order valence-electron chi connectivity index (χ2n) is 4.81. The third kappa shape index (κ3) is 5.45. The van der Waals surface area contributed by atoms with Crippen molar-refractivity contribution in [1.29, 1.82) is 0 Å². The number of halogens is 3. The predicted octanol–water partition coefficient (Wildman–Crippen LogP) is 4.36. The molecule has 2 atom stereocenters. The standard InChI is InChI=1S/C14H20F3NS/c1-10(9-19-3)8-18-11(2)12-5-4-6-13(7-12)14(15,16)17/h4-7,10-11,18H,8-9H2,1-3H3. The lowest BCUT2D eigenvalue weighted by Crippen LogP contribution is -2.25. The van der Waals surface area contributed by atoms with E-state index in [-0.39, 0.29) is 6.04 Å². The quantitative estimate of drug-likeness (QED) is 0.836. The van der Waals surface area contributed by atoms with Gasteiger partial charge in [0.15, 0.2) is 0 Å². The first-order chi connectivity index (χ1) is 8.84. The maximum Gasteiger partial charge on any atom is 0.416 e. The molecular formula is C14H20F3NS. The van der Waals surface area contributed by atoms with Gasteiger partial charge in [-0.1, -0.05) is 19.1 Å². The van der Waals surface area contributed by atoms with Crippen molar-refractivity contribution in [2.24, 2.45) is 5.92 Å². The number of nitrogens with one attached hydrogen (secondary N) is 1. The molecule has 1 aromatic carbocycles. The molecule has 0 bridgehead atoms. The molecular weight excluding hydrogens is 271 g/mol. The molecule has 0 aliphatic heterocycles. The zero-order chi connectivity index (χ0) is 14.5.